The first kappa shape index (κ1) is 49.0. The highest BCUT2D eigenvalue weighted by atomic mass is 35.5. The summed E-state index contributed by atoms with van der Waals surface area (Å²) in [5.74, 6) is 0. The number of ether oxygens (including phenoxy) is 2. The highest BCUT2D eigenvalue weighted by molar-refractivity contribution is 4.88. The van der Waals surface area contributed by atoms with Gasteiger partial charge in [0.1, 0.15) is 31.0 Å². The molecule has 0 spiro atoms. The number of unbranched alkanes of at least 4 members (excludes halogenated alkanes) is 26. The van der Waals surface area contributed by atoms with Crippen LogP contribution in [0.5, 0.6) is 0 Å². The second-order valence-electron chi connectivity index (χ2n) is 15.6. The molecule has 1 saturated heterocycles. The van der Waals surface area contributed by atoms with E-state index in [1.807, 2.05) is 0 Å². The van der Waals surface area contributed by atoms with Crippen LogP contribution in [0.3, 0.4) is 0 Å². The second-order valence-corrected chi connectivity index (χ2v) is 15.6. The van der Waals surface area contributed by atoms with Gasteiger partial charge < -0.3 is 46.8 Å². The van der Waals surface area contributed by atoms with Crippen molar-refractivity contribution in [3.63, 3.8) is 0 Å². The van der Waals surface area contributed by atoms with E-state index in [1.54, 1.807) is 0 Å². The number of quaternary nitrogens is 1. The molecule has 0 bridgehead atoms. The molecule has 0 radical (unpaired) electrons. The first-order valence-corrected chi connectivity index (χ1v) is 21.1. The minimum Gasteiger partial charge on any atom is -1.00 e. The molecular weight excluding hydrogens is 638 g/mol. The number of nitrogens with zero attached hydrogens (tertiary/aromatic N) is 1. The van der Waals surface area contributed by atoms with Crippen molar-refractivity contribution in [2.45, 2.75) is 224 Å². The molecule has 1 rings (SSSR count). The maximum Gasteiger partial charge on any atom is 0.186 e. The summed E-state index contributed by atoms with van der Waals surface area (Å²) in [5, 5.41) is 40.1. The minimum atomic E-state index is -1.40. The van der Waals surface area contributed by atoms with Crippen molar-refractivity contribution in [2.75, 3.05) is 39.9 Å². The van der Waals surface area contributed by atoms with Crippen molar-refractivity contribution >= 4 is 0 Å². The van der Waals surface area contributed by atoms with E-state index in [4.69, 9.17) is 9.47 Å². The standard InChI is InChI=1S/C41H84NO6.ClH/c1-4-6-8-10-12-14-16-18-20-22-24-26-28-30-32-42(3,34-35-47-41-40(46)39(45)38(44)37(36-43)48-41)33-31-29-27-25-23-21-19-17-15-13-11-9-7-5-2;/h37-41,43-46H,4-36H2,1-3H3;1H/q+1;/p-1/t37-,38-,39+,40+,41+;/m1./s1. The third kappa shape index (κ3) is 25.6. The Labute approximate surface area is 310 Å². The van der Waals surface area contributed by atoms with E-state index in [0.29, 0.717) is 6.61 Å². The SMILES string of the molecule is CCCCCCCCCCCCCCCC[N+](C)(CCCCCCCCCCCCCCCC)CCO[C@H]1O[C@H](CO)[C@@H](O)[C@H](O)[C@@H]1O.[Cl-]. The fraction of sp³-hybridized carbons (Fsp3) is 1.00. The smallest absolute Gasteiger partial charge is 0.186 e. The monoisotopic (exact) mass is 722 g/mol. The van der Waals surface area contributed by atoms with Crippen molar-refractivity contribution in [3.05, 3.63) is 0 Å². The molecule has 1 heterocycles. The first-order chi connectivity index (χ1) is 23.4. The Kier molecular flexibility index (Phi) is 33.8. The quantitative estimate of drug-likeness (QED) is 0.0459. The number of halogens is 1. The Bertz CT molecular complexity index is 654. The van der Waals surface area contributed by atoms with Gasteiger partial charge in [0, 0.05) is 0 Å². The number of rotatable bonds is 35. The number of hydrogen-bond donors (Lipinski definition) is 4. The molecule has 0 aromatic carbocycles. The van der Waals surface area contributed by atoms with Crippen molar-refractivity contribution in [1.82, 2.24) is 0 Å². The fourth-order valence-corrected chi connectivity index (χ4v) is 7.31. The average molecular weight is 723 g/mol. The third-order valence-electron chi connectivity index (χ3n) is 10.9. The molecule has 1 aliphatic rings. The van der Waals surface area contributed by atoms with Crippen LogP contribution in [0.25, 0.3) is 0 Å². The van der Waals surface area contributed by atoms with E-state index >= 15 is 0 Å². The predicted octanol–water partition coefficient (Wildman–Crippen LogP) is 6.22. The zero-order chi connectivity index (χ0) is 35.1. The molecule has 0 unspecified atom stereocenters. The first-order valence-electron chi connectivity index (χ1n) is 21.1. The Morgan fingerprint density at radius 1 is 0.469 bits per heavy atom. The van der Waals surface area contributed by atoms with Crippen LogP contribution in [-0.2, 0) is 9.47 Å². The molecule has 4 N–H and O–H groups in total. The molecule has 1 aliphatic heterocycles. The molecule has 49 heavy (non-hydrogen) atoms. The summed E-state index contributed by atoms with van der Waals surface area (Å²) < 4.78 is 12.4. The van der Waals surface area contributed by atoms with Gasteiger partial charge in [-0.3, -0.25) is 0 Å². The summed E-state index contributed by atoms with van der Waals surface area (Å²) in [7, 11) is 2.33. The van der Waals surface area contributed by atoms with Gasteiger partial charge in [0.2, 0.25) is 0 Å². The summed E-state index contributed by atoms with van der Waals surface area (Å²) in [5.41, 5.74) is 0. The maximum atomic E-state index is 10.4. The summed E-state index contributed by atoms with van der Waals surface area (Å²) in [6.45, 7) is 7.58. The molecule has 0 aromatic heterocycles. The van der Waals surface area contributed by atoms with Crippen LogP contribution in [0.15, 0.2) is 0 Å². The molecule has 0 saturated carbocycles. The number of aliphatic hydroxyl groups excluding tert-OH is 4. The van der Waals surface area contributed by atoms with E-state index < -0.39 is 37.3 Å². The molecule has 296 valence electrons. The van der Waals surface area contributed by atoms with Crippen molar-refractivity contribution < 1.29 is 46.8 Å². The zero-order valence-corrected chi connectivity index (χ0v) is 33.4. The van der Waals surface area contributed by atoms with Gasteiger partial charge in [0.25, 0.3) is 0 Å². The van der Waals surface area contributed by atoms with Crippen molar-refractivity contribution in [1.29, 1.82) is 0 Å². The van der Waals surface area contributed by atoms with E-state index in [-0.39, 0.29) is 12.4 Å². The van der Waals surface area contributed by atoms with E-state index in [1.165, 1.54) is 180 Å². The lowest BCUT2D eigenvalue weighted by Crippen LogP contribution is -3.00. The molecule has 0 aromatic rings. The Hall–Kier alpha value is 0.01000. The molecular formula is C41H84ClNO6. The molecule has 0 amide bonds. The number of likely N-dealkylation sites (N-methyl/N-ethyl adjacent to an activating group) is 1. The number of aliphatic hydroxyl groups is 4. The van der Waals surface area contributed by atoms with Crippen LogP contribution in [0.4, 0.5) is 0 Å². The molecule has 0 aliphatic carbocycles. The van der Waals surface area contributed by atoms with E-state index in [2.05, 4.69) is 20.9 Å². The van der Waals surface area contributed by atoms with Gasteiger partial charge in [0.15, 0.2) is 6.29 Å². The summed E-state index contributed by atoms with van der Waals surface area (Å²) in [4.78, 5) is 0. The van der Waals surface area contributed by atoms with Gasteiger partial charge in [0.05, 0.1) is 33.4 Å². The maximum absolute atomic E-state index is 10.4. The Balaban J connectivity index is 0.0000230. The molecule has 8 heteroatoms. The Morgan fingerprint density at radius 2 is 0.796 bits per heavy atom. The van der Waals surface area contributed by atoms with Crippen LogP contribution < -0.4 is 12.4 Å². The lowest BCUT2D eigenvalue weighted by atomic mass is 9.99. The van der Waals surface area contributed by atoms with Gasteiger partial charge >= 0.3 is 0 Å². The molecule has 5 atom stereocenters. The summed E-state index contributed by atoms with van der Waals surface area (Å²) in [6.07, 6.45) is 32.2. The third-order valence-corrected chi connectivity index (χ3v) is 10.9. The van der Waals surface area contributed by atoms with Crippen LogP contribution in [0.2, 0.25) is 0 Å². The highest BCUT2D eigenvalue weighted by Crippen LogP contribution is 2.23. The van der Waals surface area contributed by atoms with E-state index in [9.17, 15) is 20.4 Å². The summed E-state index contributed by atoms with van der Waals surface area (Å²) in [6, 6.07) is 0. The molecule has 1 fully saturated rings. The fourth-order valence-electron chi connectivity index (χ4n) is 7.31. The second kappa shape index (κ2) is 33.8. The highest BCUT2D eigenvalue weighted by Gasteiger charge is 2.44. The minimum absolute atomic E-state index is 0. The van der Waals surface area contributed by atoms with Crippen LogP contribution in [0.1, 0.15) is 194 Å². The van der Waals surface area contributed by atoms with Gasteiger partial charge in [-0.15, -0.1) is 0 Å². The Morgan fingerprint density at radius 3 is 1.12 bits per heavy atom. The summed E-state index contributed by atoms with van der Waals surface area (Å²) >= 11 is 0. The van der Waals surface area contributed by atoms with Crippen LogP contribution >= 0.6 is 0 Å². The lowest BCUT2D eigenvalue weighted by Gasteiger charge is -2.40. The van der Waals surface area contributed by atoms with Gasteiger partial charge in [-0.1, -0.05) is 168 Å². The zero-order valence-electron chi connectivity index (χ0n) is 32.7. The van der Waals surface area contributed by atoms with Crippen LogP contribution in [0, 0.1) is 0 Å². The largest absolute Gasteiger partial charge is 1.00 e. The average Bonchev–Trinajstić information content (AvgIpc) is 3.08. The van der Waals surface area contributed by atoms with Gasteiger partial charge in [-0.25, -0.2) is 0 Å². The van der Waals surface area contributed by atoms with Gasteiger partial charge in [-0.2, -0.15) is 0 Å². The van der Waals surface area contributed by atoms with E-state index in [0.717, 1.165) is 24.1 Å². The van der Waals surface area contributed by atoms with Gasteiger partial charge in [-0.05, 0) is 25.7 Å². The predicted molar refractivity (Wildman–Crippen MR) is 201 cm³/mol. The normalized spacial score (nSPS) is 21.2. The van der Waals surface area contributed by atoms with Crippen molar-refractivity contribution in [2.24, 2.45) is 0 Å². The number of hydrogen-bond acceptors (Lipinski definition) is 6. The van der Waals surface area contributed by atoms with Crippen LogP contribution in [-0.4, -0.2) is 95.5 Å². The van der Waals surface area contributed by atoms with Crippen molar-refractivity contribution in [3.8, 4) is 0 Å². The molecule has 7 nitrogen and oxygen atoms in total. The lowest BCUT2D eigenvalue weighted by molar-refractivity contribution is -0.910. The topological polar surface area (TPSA) is 99.4 Å².